The number of hydrogen-bond donors (Lipinski definition) is 1. The Morgan fingerprint density at radius 3 is 2.24 bits per heavy atom. The Morgan fingerprint density at radius 1 is 0.941 bits per heavy atom. The first-order chi connectivity index (χ1) is 16.1. The lowest BCUT2D eigenvalue weighted by molar-refractivity contribution is 0.609. The Bertz CT molecular complexity index is 1580. The van der Waals surface area contributed by atoms with Gasteiger partial charge < -0.3 is 4.57 Å². The van der Waals surface area contributed by atoms with Gasteiger partial charge in [-0.15, -0.1) is 0 Å². The molecule has 0 radical (unpaired) electrons. The molecular weight excluding hydrogens is 444 g/mol. The quantitative estimate of drug-likeness (QED) is 0.397. The van der Waals surface area contributed by atoms with Crippen molar-refractivity contribution in [1.82, 2.24) is 4.57 Å². The number of rotatable bonds is 6. The zero-order valence-corrected chi connectivity index (χ0v) is 20.7. The molecule has 0 aliphatic carbocycles. The van der Waals surface area contributed by atoms with Gasteiger partial charge >= 0.3 is 0 Å². The maximum absolute atomic E-state index is 12.8. The van der Waals surface area contributed by atoms with Crippen molar-refractivity contribution in [2.24, 2.45) is 7.05 Å². The molecule has 0 spiro atoms. The van der Waals surface area contributed by atoms with Crippen LogP contribution in [0.4, 0.5) is 5.69 Å². The molecule has 0 saturated heterocycles. The van der Waals surface area contributed by atoms with Crippen LogP contribution in [0, 0.1) is 20.8 Å². The molecule has 0 saturated carbocycles. The third-order valence-corrected chi connectivity index (χ3v) is 7.14. The van der Waals surface area contributed by atoms with Crippen LogP contribution in [0.25, 0.3) is 21.9 Å². The van der Waals surface area contributed by atoms with E-state index in [2.05, 4.69) is 44.2 Å². The van der Waals surface area contributed by atoms with Gasteiger partial charge in [0.25, 0.3) is 15.6 Å². The Labute approximate surface area is 200 Å². The van der Waals surface area contributed by atoms with E-state index in [1.807, 2.05) is 42.6 Å². The Balaban J connectivity index is 1.98. The highest BCUT2D eigenvalue weighted by Gasteiger charge is 2.16. The molecule has 174 valence electrons. The standard InChI is InChI=1S/C28H28N2O3S/c1-6-34(32,33)29-22-12-11-21(15-25-19(3)13-18(2)14-20(25)4)26(16-22)27-17-30(5)28(31)24-10-8-7-9-23(24)27/h6-14,16-17,29H,1,15H2,2-5H3. The number of hydrogen-bond acceptors (Lipinski definition) is 3. The average Bonchev–Trinajstić information content (AvgIpc) is 2.79. The molecule has 1 heterocycles. The fourth-order valence-electron chi connectivity index (χ4n) is 4.56. The molecular formula is C28H28N2O3S. The first-order valence-corrected chi connectivity index (χ1v) is 12.6. The molecule has 3 aromatic carbocycles. The molecule has 0 atom stereocenters. The summed E-state index contributed by atoms with van der Waals surface area (Å²) >= 11 is 0. The highest BCUT2D eigenvalue weighted by Crippen LogP contribution is 2.34. The van der Waals surface area contributed by atoms with Crippen LogP contribution in [0.1, 0.15) is 27.8 Å². The summed E-state index contributed by atoms with van der Waals surface area (Å²) in [5.41, 5.74) is 8.03. The molecule has 0 aliphatic rings. The lowest BCUT2D eigenvalue weighted by Crippen LogP contribution is -2.16. The second-order valence-corrected chi connectivity index (χ2v) is 10.4. The second kappa shape index (κ2) is 8.95. The van der Waals surface area contributed by atoms with Crippen molar-refractivity contribution < 1.29 is 8.42 Å². The minimum absolute atomic E-state index is 0.0744. The molecule has 1 N–H and O–H groups in total. The van der Waals surface area contributed by atoms with E-state index < -0.39 is 10.0 Å². The van der Waals surface area contributed by atoms with Gasteiger partial charge in [0.1, 0.15) is 0 Å². The molecule has 4 rings (SSSR count). The first-order valence-electron chi connectivity index (χ1n) is 11.0. The molecule has 1 aromatic heterocycles. The van der Waals surface area contributed by atoms with Gasteiger partial charge in [0.05, 0.1) is 0 Å². The van der Waals surface area contributed by atoms with E-state index in [1.54, 1.807) is 17.7 Å². The smallest absolute Gasteiger partial charge is 0.258 e. The van der Waals surface area contributed by atoms with Crippen LogP contribution in [0.2, 0.25) is 0 Å². The van der Waals surface area contributed by atoms with Crippen molar-refractivity contribution in [2.45, 2.75) is 27.2 Å². The summed E-state index contributed by atoms with van der Waals surface area (Å²) in [6.07, 6.45) is 2.50. The van der Waals surface area contributed by atoms with Crippen LogP contribution in [0.5, 0.6) is 0 Å². The zero-order valence-electron chi connectivity index (χ0n) is 19.8. The lowest BCUT2D eigenvalue weighted by atomic mass is 9.89. The van der Waals surface area contributed by atoms with E-state index in [0.29, 0.717) is 17.5 Å². The van der Waals surface area contributed by atoms with E-state index in [-0.39, 0.29) is 5.56 Å². The van der Waals surface area contributed by atoms with E-state index in [9.17, 15) is 13.2 Å². The monoisotopic (exact) mass is 472 g/mol. The van der Waals surface area contributed by atoms with Gasteiger partial charge in [-0.2, -0.15) is 0 Å². The number of anilines is 1. The highest BCUT2D eigenvalue weighted by molar-refractivity contribution is 7.95. The number of nitrogens with zero attached hydrogens (tertiary/aromatic N) is 1. The molecule has 0 unspecified atom stereocenters. The van der Waals surface area contributed by atoms with Crippen molar-refractivity contribution >= 4 is 26.5 Å². The van der Waals surface area contributed by atoms with Crippen molar-refractivity contribution in [1.29, 1.82) is 0 Å². The van der Waals surface area contributed by atoms with E-state index in [4.69, 9.17) is 0 Å². The second-order valence-electron chi connectivity index (χ2n) is 8.74. The largest absolute Gasteiger partial charge is 0.317 e. The van der Waals surface area contributed by atoms with Crippen molar-refractivity contribution in [3.8, 4) is 11.1 Å². The minimum atomic E-state index is -3.66. The maximum atomic E-state index is 12.8. The predicted octanol–water partition coefficient (Wildman–Crippen LogP) is 5.61. The number of fused-ring (bicyclic) bond motifs is 1. The number of aromatic nitrogens is 1. The highest BCUT2D eigenvalue weighted by atomic mass is 32.2. The van der Waals surface area contributed by atoms with Crippen molar-refractivity contribution in [3.05, 3.63) is 111 Å². The topological polar surface area (TPSA) is 68.2 Å². The third-order valence-electron chi connectivity index (χ3n) is 6.18. The summed E-state index contributed by atoms with van der Waals surface area (Å²) in [5.74, 6) is 0. The minimum Gasteiger partial charge on any atom is -0.317 e. The normalized spacial score (nSPS) is 11.5. The van der Waals surface area contributed by atoms with Gasteiger partial charge in [-0.3, -0.25) is 9.52 Å². The maximum Gasteiger partial charge on any atom is 0.258 e. The summed E-state index contributed by atoms with van der Waals surface area (Å²) in [6.45, 7) is 9.70. The van der Waals surface area contributed by atoms with Crippen LogP contribution < -0.4 is 10.3 Å². The lowest BCUT2D eigenvalue weighted by Gasteiger charge is -2.18. The van der Waals surface area contributed by atoms with Gasteiger partial charge in [-0.1, -0.05) is 48.5 Å². The van der Waals surface area contributed by atoms with E-state index in [0.717, 1.165) is 27.5 Å². The molecule has 0 amide bonds. The summed E-state index contributed by atoms with van der Waals surface area (Å²) in [5, 5.41) is 2.34. The number of pyridine rings is 1. The number of nitrogens with one attached hydrogen (secondary N) is 1. The molecule has 4 aromatic rings. The molecule has 34 heavy (non-hydrogen) atoms. The Hall–Kier alpha value is -3.64. The predicted molar refractivity (Wildman–Crippen MR) is 141 cm³/mol. The van der Waals surface area contributed by atoms with Gasteiger partial charge in [0.2, 0.25) is 0 Å². The van der Waals surface area contributed by atoms with Crippen LogP contribution in [-0.2, 0) is 23.5 Å². The summed E-state index contributed by atoms with van der Waals surface area (Å²) in [4.78, 5) is 12.8. The zero-order chi connectivity index (χ0) is 24.6. The van der Waals surface area contributed by atoms with Crippen LogP contribution in [-0.4, -0.2) is 13.0 Å². The van der Waals surface area contributed by atoms with Crippen LogP contribution in [0.3, 0.4) is 0 Å². The van der Waals surface area contributed by atoms with Gasteiger partial charge in [0.15, 0.2) is 0 Å². The summed E-state index contributed by atoms with van der Waals surface area (Å²) < 4.78 is 28.4. The summed E-state index contributed by atoms with van der Waals surface area (Å²) in [7, 11) is -1.93. The van der Waals surface area contributed by atoms with Gasteiger partial charge in [-0.05, 0) is 78.6 Å². The summed E-state index contributed by atoms with van der Waals surface area (Å²) in [6, 6.07) is 17.4. The molecule has 0 aliphatic heterocycles. The van der Waals surface area contributed by atoms with Gasteiger partial charge in [-0.25, -0.2) is 8.42 Å². The first kappa shape index (κ1) is 23.5. The fourth-order valence-corrected chi connectivity index (χ4v) is 5.10. The van der Waals surface area contributed by atoms with Gasteiger partial charge in [0, 0.05) is 35.3 Å². The van der Waals surface area contributed by atoms with Crippen LogP contribution in [0.15, 0.2) is 77.6 Å². The number of benzene rings is 3. The van der Waals surface area contributed by atoms with E-state index in [1.165, 1.54) is 22.3 Å². The average molecular weight is 473 g/mol. The van der Waals surface area contributed by atoms with E-state index >= 15 is 0 Å². The molecule has 6 heteroatoms. The van der Waals surface area contributed by atoms with Crippen LogP contribution >= 0.6 is 0 Å². The molecule has 0 bridgehead atoms. The number of aryl methyl sites for hydroxylation is 4. The Morgan fingerprint density at radius 2 is 1.59 bits per heavy atom. The van der Waals surface area contributed by atoms with Crippen molar-refractivity contribution in [3.63, 3.8) is 0 Å². The third kappa shape index (κ3) is 4.54. The fraction of sp³-hybridized carbons (Fsp3) is 0.179. The Kier molecular flexibility index (Phi) is 6.19. The number of sulfonamides is 1. The molecule has 0 fully saturated rings. The molecule has 5 nitrogen and oxygen atoms in total. The van der Waals surface area contributed by atoms with Crippen molar-refractivity contribution in [2.75, 3.05) is 4.72 Å². The SMILES string of the molecule is C=CS(=O)(=O)Nc1ccc(Cc2c(C)cc(C)cc2C)c(-c2cn(C)c(=O)c3ccccc23)c1.